The SMILES string of the molecule is Cc1ccc([Si](Oc2ccc3c(c2)C(=O)c2ccccc2C3=O)(c2ccc(C)cc2)c2ccc(C)cc2)cc1. The number of carbonyl (C=O) groups is 2. The van der Waals surface area contributed by atoms with E-state index < -0.39 is 8.32 Å². The molecular formula is C35H28O3Si. The number of hydrogen-bond acceptors (Lipinski definition) is 3. The van der Waals surface area contributed by atoms with Crippen LogP contribution in [0.5, 0.6) is 5.75 Å². The lowest BCUT2D eigenvalue weighted by Gasteiger charge is -2.34. The topological polar surface area (TPSA) is 43.4 Å². The molecular weight excluding hydrogens is 496 g/mol. The largest absolute Gasteiger partial charge is 0.530 e. The van der Waals surface area contributed by atoms with Crippen LogP contribution in [0.25, 0.3) is 0 Å². The Bertz CT molecular complexity index is 1610. The van der Waals surface area contributed by atoms with Crippen molar-refractivity contribution in [3.63, 3.8) is 0 Å². The fourth-order valence-corrected chi connectivity index (χ4v) is 9.10. The molecule has 0 spiro atoms. The Labute approximate surface area is 229 Å². The average molecular weight is 525 g/mol. The quantitative estimate of drug-likeness (QED) is 0.223. The molecule has 1 aliphatic rings. The maximum atomic E-state index is 13.5. The summed E-state index contributed by atoms with van der Waals surface area (Å²) in [6, 6.07) is 38.0. The minimum absolute atomic E-state index is 0.133. The molecule has 0 amide bonds. The van der Waals surface area contributed by atoms with Gasteiger partial charge in [-0.3, -0.25) is 9.59 Å². The molecule has 5 aromatic carbocycles. The molecule has 39 heavy (non-hydrogen) atoms. The molecule has 3 nitrogen and oxygen atoms in total. The Hall–Kier alpha value is -4.54. The van der Waals surface area contributed by atoms with Crippen LogP contribution < -0.4 is 20.0 Å². The van der Waals surface area contributed by atoms with Crippen molar-refractivity contribution < 1.29 is 14.0 Å². The summed E-state index contributed by atoms with van der Waals surface area (Å²) < 4.78 is 7.19. The zero-order valence-corrected chi connectivity index (χ0v) is 23.2. The number of rotatable bonds is 5. The highest BCUT2D eigenvalue weighted by Gasteiger charge is 2.44. The molecule has 6 rings (SSSR count). The van der Waals surface area contributed by atoms with Crippen molar-refractivity contribution in [3.05, 3.63) is 154 Å². The van der Waals surface area contributed by atoms with Crippen LogP contribution in [0.15, 0.2) is 115 Å². The van der Waals surface area contributed by atoms with Gasteiger partial charge in [0.1, 0.15) is 5.75 Å². The van der Waals surface area contributed by atoms with Crippen molar-refractivity contribution in [1.29, 1.82) is 0 Å². The number of benzene rings is 5. The average Bonchev–Trinajstić information content (AvgIpc) is 2.96. The third kappa shape index (κ3) is 4.23. The van der Waals surface area contributed by atoms with Crippen LogP contribution >= 0.6 is 0 Å². The summed E-state index contributed by atoms with van der Waals surface area (Å²) in [6.07, 6.45) is 0. The second-order valence-electron chi connectivity index (χ2n) is 10.3. The molecule has 4 heteroatoms. The minimum Gasteiger partial charge on any atom is -0.530 e. The maximum absolute atomic E-state index is 13.5. The summed E-state index contributed by atoms with van der Waals surface area (Å²) in [5.41, 5.74) is 5.20. The van der Waals surface area contributed by atoms with Gasteiger partial charge in [-0.2, -0.15) is 0 Å². The van der Waals surface area contributed by atoms with Gasteiger partial charge in [0.05, 0.1) is 0 Å². The Balaban J connectivity index is 1.56. The number of hydrogen-bond donors (Lipinski definition) is 0. The zero-order valence-electron chi connectivity index (χ0n) is 22.2. The summed E-state index contributed by atoms with van der Waals surface area (Å²) in [6.45, 7) is 6.24. The first-order valence-corrected chi connectivity index (χ1v) is 15.0. The van der Waals surface area contributed by atoms with Crippen LogP contribution in [0.3, 0.4) is 0 Å². The molecule has 0 bridgehead atoms. The number of ketones is 2. The van der Waals surface area contributed by atoms with Gasteiger partial charge in [0.2, 0.25) is 0 Å². The first kappa shape index (κ1) is 24.8. The van der Waals surface area contributed by atoms with E-state index in [2.05, 4.69) is 93.6 Å². The summed E-state index contributed by atoms with van der Waals surface area (Å²) in [4.78, 5) is 26.7. The molecule has 5 aromatic rings. The Morgan fingerprint density at radius 1 is 0.462 bits per heavy atom. The molecule has 0 aromatic heterocycles. The number of carbonyl (C=O) groups excluding carboxylic acids is 2. The van der Waals surface area contributed by atoms with Crippen molar-refractivity contribution in [2.24, 2.45) is 0 Å². The molecule has 0 radical (unpaired) electrons. The van der Waals surface area contributed by atoms with E-state index in [0.29, 0.717) is 28.0 Å². The normalized spacial score (nSPS) is 12.6. The highest BCUT2D eigenvalue weighted by molar-refractivity contribution is 7.07. The monoisotopic (exact) mass is 524 g/mol. The zero-order chi connectivity index (χ0) is 27.1. The van der Waals surface area contributed by atoms with Gasteiger partial charge in [-0.15, -0.1) is 0 Å². The fraction of sp³-hybridized carbons (Fsp3) is 0.0857. The molecule has 0 saturated carbocycles. The highest BCUT2D eigenvalue weighted by Crippen LogP contribution is 2.31. The highest BCUT2D eigenvalue weighted by atomic mass is 28.4. The molecule has 0 heterocycles. The smallest absolute Gasteiger partial charge is 0.346 e. The molecule has 0 aliphatic heterocycles. The van der Waals surface area contributed by atoms with Crippen molar-refractivity contribution in [2.75, 3.05) is 0 Å². The Kier molecular flexibility index (Phi) is 6.13. The third-order valence-electron chi connectivity index (χ3n) is 7.54. The number of fused-ring (bicyclic) bond motifs is 2. The predicted octanol–water partition coefficient (Wildman–Crippen LogP) is 5.43. The van der Waals surface area contributed by atoms with Crippen LogP contribution in [-0.4, -0.2) is 19.9 Å². The molecule has 0 saturated heterocycles. The third-order valence-corrected chi connectivity index (χ3v) is 11.5. The molecule has 0 fully saturated rings. The summed E-state index contributed by atoms with van der Waals surface area (Å²) in [7, 11) is -3.09. The molecule has 0 atom stereocenters. The predicted molar refractivity (Wildman–Crippen MR) is 159 cm³/mol. The summed E-state index contributed by atoms with van der Waals surface area (Å²) in [5.74, 6) is 0.285. The van der Waals surface area contributed by atoms with E-state index in [1.54, 1.807) is 36.4 Å². The summed E-state index contributed by atoms with van der Waals surface area (Å²) in [5, 5.41) is 3.31. The maximum Gasteiger partial charge on any atom is 0.346 e. The van der Waals surface area contributed by atoms with E-state index in [1.807, 2.05) is 6.07 Å². The first-order valence-electron chi connectivity index (χ1n) is 13.1. The van der Waals surface area contributed by atoms with Crippen LogP contribution in [0.4, 0.5) is 0 Å². The van der Waals surface area contributed by atoms with Crippen molar-refractivity contribution in [1.82, 2.24) is 0 Å². The van der Waals surface area contributed by atoms with Crippen LogP contribution in [-0.2, 0) is 0 Å². The van der Waals surface area contributed by atoms with Gasteiger partial charge >= 0.3 is 8.32 Å². The van der Waals surface area contributed by atoms with E-state index in [4.69, 9.17) is 4.43 Å². The van der Waals surface area contributed by atoms with E-state index >= 15 is 0 Å². The molecule has 0 N–H and O–H groups in total. The van der Waals surface area contributed by atoms with Gasteiger partial charge in [0.15, 0.2) is 11.6 Å². The Morgan fingerprint density at radius 3 is 1.28 bits per heavy atom. The van der Waals surface area contributed by atoms with Gasteiger partial charge in [0.25, 0.3) is 0 Å². The van der Waals surface area contributed by atoms with E-state index in [1.165, 1.54) is 16.7 Å². The Morgan fingerprint density at radius 2 is 0.846 bits per heavy atom. The van der Waals surface area contributed by atoms with E-state index in [-0.39, 0.29) is 11.6 Å². The van der Waals surface area contributed by atoms with E-state index in [0.717, 1.165) is 15.6 Å². The van der Waals surface area contributed by atoms with Gasteiger partial charge < -0.3 is 4.43 Å². The van der Waals surface area contributed by atoms with Crippen LogP contribution in [0.2, 0.25) is 0 Å². The lowest BCUT2D eigenvalue weighted by Crippen LogP contribution is -2.71. The van der Waals surface area contributed by atoms with Crippen LogP contribution in [0, 0.1) is 20.8 Å². The standard InChI is InChI=1S/C35H28O3Si/c1-23-8-15-27(16-9-23)39(28-17-10-24(2)11-18-28,29-19-12-25(3)13-20-29)38-26-14-21-32-33(22-26)35(37)31-7-5-4-6-30(31)34(32)36/h4-22H,1-3H3. The van der Waals surface area contributed by atoms with Crippen molar-refractivity contribution >= 4 is 35.4 Å². The first-order chi connectivity index (χ1) is 18.9. The minimum atomic E-state index is -3.09. The van der Waals surface area contributed by atoms with Crippen LogP contribution in [0.1, 0.15) is 48.5 Å². The van der Waals surface area contributed by atoms with Crippen molar-refractivity contribution in [3.8, 4) is 5.75 Å². The van der Waals surface area contributed by atoms with Gasteiger partial charge in [-0.25, -0.2) is 0 Å². The second-order valence-corrected chi connectivity index (χ2v) is 13.6. The lowest BCUT2D eigenvalue weighted by molar-refractivity contribution is 0.0979. The summed E-state index contributed by atoms with van der Waals surface area (Å²) >= 11 is 0. The lowest BCUT2D eigenvalue weighted by atomic mass is 9.84. The molecule has 0 unspecified atom stereocenters. The van der Waals surface area contributed by atoms with Crippen molar-refractivity contribution in [2.45, 2.75) is 20.8 Å². The molecule has 1 aliphatic carbocycles. The second kappa shape index (κ2) is 9.64. The van der Waals surface area contributed by atoms with Gasteiger partial charge in [0, 0.05) is 22.3 Å². The van der Waals surface area contributed by atoms with Gasteiger partial charge in [-0.1, -0.05) is 114 Å². The van der Waals surface area contributed by atoms with E-state index in [9.17, 15) is 9.59 Å². The number of aryl methyl sites for hydroxylation is 3. The fourth-order valence-electron chi connectivity index (χ4n) is 5.36. The molecule has 190 valence electrons. The van der Waals surface area contributed by atoms with Gasteiger partial charge in [-0.05, 0) is 54.5 Å².